The average molecular weight is 241 g/mol. The second-order valence-electron chi connectivity index (χ2n) is 4.59. The van der Waals surface area contributed by atoms with E-state index >= 15 is 0 Å². The van der Waals surface area contributed by atoms with Crippen molar-refractivity contribution in [1.29, 1.82) is 0 Å². The third kappa shape index (κ3) is 2.82. The number of thiophene rings is 1. The van der Waals surface area contributed by atoms with Crippen LogP contribution in [-0.2, 0) is 10.2 Å². The van der Waals surface area contributed by atoms with Crippen molar-refractivity contribution in [3.05, 3.63) is 16.5 Å². The Hall–Kier alpha value is -1.36. The van der Waals surface area contributed by atoms with Crippen LogP contribution < -0.4 is 5.32 Å². The second-order valence-corrected chi connectivity index (χ2v) is 5.64. The third-order valence-electron chi connectivity index (χ3n) is 1.99. The molecule has 0 aromatic carbocycles. The van der Waals surface area contributed by atoms with Crippen molar-refractivity contribution < 1.29 is 14.7 Å². The van der Waals surface area contributed by atoms with Gasteiger partial charge < -0.3 is 10.4 Å². The molecule has 4 nitrogen and oxygen atoms in total. The van der Waals surface area contributed by atoms with Crippen LogP contribution in [0.3, 0.4) is 0 Å². The predicted molar refractivity (Wildman–Crippen MR) is 64.3 cm³/mol. The highest BCUT2D eigenvalue weighted by Crippen LogP contribution is 2.35. The minimum atomic E-state index is -1.02. The van der Waals surface area contributed by atoms with Gasteiger partial charge in [0.25, 0.3) is 0 Å². The van der Waals surface area contributed by atoms with E-state index in [0.29, 0.717) is 5.00 Å². The van der Waals surface area contributed by atoms with E-state index in [9.17, 15) is 9.59 Å². The van der Waals surface area contributed by atoms with Gasteiger partial charge in [0.1, 0.15) is 5.00 Å². The van der Waals surface area contributed by atoms with E-state index in [1.165, 1.54) is 18.3 Å². The normalized spacial score (nSPS) is 11.2. The zero-order chi connectivity index (χ0) is 12.5. The molecular formula is C11H15NO3S. The Morgan fingerprint density at radius 3 is 2.31 bits per heavy atom. The second kappa shape index (κ2) is 4.25. The SMILES string of the molecule is CC(=O)Nc1sc(C(C)(C)C)cc1C(=O)O. The molecule has 16 heavy (non-hydrogen) atoms. The first-order valence-electron chi connectivity index (χ1n) is 4.87. The highest BCUT2D eigenvalue weighted by Gasteiger charge is 2.22. The lowest BCUT2D eigenvalue weighted by molar-refractivity contribution is -0.114. The van der Waals surface area contributed by atoms with Crippen molar-refractivity contribution in [1.82, 2.24) is 0 Å². The van der Waals surface area contributed by atoms with E-state index in [1.807, 2.05) is 20.8 Å². The van der Waals surface area contributed by atoms with Crippen LogP contribution in [0.2, 0.25) is 0 Å². The number of aromatic carboxylic acids is 1. The zero-order valence-corrected chi connectivity index (χ0v) is 10.6. The summed E-state index contributed by atoms with van der Waals surface area (Å²) in [7, 11) is 0. The van der Waals surface area contributed by atoms with Gasteiger partial charge in [-0.3, -0.25) is 4.79 Å². The minimum Gasteiger partial charge on any atom is -0.478 e. The predicted octanol–water partition coefficient (Wildman–Crippen LogP) is 2.70. The third-order valence-corrected chi connectivity index (χ3v) is 3.47. The van der Waals surface area contributed by atoms with Crippen LogP contribution in [0, 0.1) is 0 Å². The molecule has 0 atom stereocenters. The minimum absolute atomic E-state index is 0.119. The van der Waals surface area contributed by atoms with E-state index in [-0.39, 0.29) is 16.9 Å². The number of carbonyl (C=O) groups is 2. The van der Waals surface area contributed by atoms with Gasteiger partial charge in [-0.1, -0.05) is 20.8 Å². The smallest absolute Gasteiger partial charge is 0.338 e. The molecule has 0 aliphatic rings. The maximum Gasteiger partial charge on any atom is 0.338 e. The van der Waals surface area contributed by atoms with E-state index in [4.69, 9.17) is 5.11 Å². The van der Waals surface area contributed by atoms with Crippen LogP contribution >= 0.6 is 11.3 Å². The molecule has 0 aliphatic heterocycles. The van der Waals surface area contributed by atoms with Gasteiger partial charge in [-0.05, 0) is 11.5 Å². The lowest BCUT2D eigenvalue weighted by Gasteiger charge is -2.15. The molecule has 1 amide bonds. The highest BCUT2D eigenvalue weighted by molar-refractivity contribution is 7.16. The quantitative estimate of drug-likeness (QED) is 0.836. The van der Waals surface area contributed by atoms with Gasteiger partial charge in [-0.2, -0.15) is 0 Å². The number of nitrogens with one attached hydrogen (secondary N) is 1. The van der Waals surface area contributed by atoms with Crippen molar-refractivity contribution in [3.8, 4) is 0 Å². The van der Waals surface area contributed by atoms with E-state index in [1.54, 1.807) is 6.07 Å². The van der Waals surface area contributed by atoms with Gasteiger partial charge >= 0.3 is 5.97 Å². The van der Waals surface area contributed by atoms with Crippen molar-refractivity contribution >= 4 is 28.2 Å². The Kier molecular flexibility index (Phi) is 3.38. The number of carboxylic acid groups (broad SMARTS) is 1. The molecule has 0 spiro atoms. The summed E-state index contributed by atoms with van der Waals surface area (Å²) < 4.78 is 0. The molecule has 1 heterocycles. The first-order valence-corrected chi connectivity index (χ1v) is 5.68. The molecule has 1 aromatic rings. The number of anilines is 1. The van der Waals surface area contributed by atoms with Crippen molar-refractivity contribution in [2.75, 3.05) is 5.32 Å². The number of hydrogen-bond acceptors (Lipinski definition) is 3. The fourth-order valence-electron chi connectivity index (χ4n) is 1.17. The molecule has 0 radical (unpaired) electrons. The number of amides is 1. The van der Waals surface area contributed by atoms with Crippen molar-refractivity contribution in [3.63, 3.8) is 0 Å². The van der Waals surface area contributed by atoms with Crippen molar-refractivity contribution in [2.45, 2.75) is 33.1 Å². The highest BCUT2D eigenvalue weighted by atomic mass is 32.1. The topological polar surface area (TPSA) is 66.4 Å². The summed E-state index contributed by atoms with van der Waals surface area (Å²) in [6.07, 6.45) is 0. The molecule has 0 unspecified atom stereocenters. The number of carboxylic acids is 1. The monoisotopic (exact) mass is 241 g/mol. The molecule has 0 saturated heterocycles. The molecule has 0 aliphatic carbocycles. The van der Waals surface area contributed by atoms with E-state index in [2.05, 4.69) is 5.32 Å². The summed E-state index contributed by atoms with van der Waals surface area (Å²) in [5.74, 6) is -1.28. The van der Waals surface area contributed by atoms with Gasteiger partial charge in [0.15, 0.2) is 0 Å². The van der Waals surface area contributed by atoms with Crippen LogP contribution in [0.4, 0.5) is 5.00 Å². The maximum atomic E-state index is 11.0. The van der Waals surface area contributed by atoms with Gasteiger partial charge in [-0.15, -0.1) is 11.3 Å². The van der Waals surface area contributed by atoms with Gasteiger partial charge in [0.2, 0.25) is 5.91 Å². The summed E-state index contributed by atoms with van der Waals surface area (Å²) in [4.78, 5) is 22.9. The van der Waals surface area contributed by atoms with Crippen LogP contribution in [0.5, 0.6) is 0 Å². The molecule has 88 valence electrons. The molecule has 1 aromatic heterocycles. The average Bonchev–Trinajstić information content (AvgIpc) is 2.45. The first-order chi connectivity index (χ1) is 7.21. The lowest BCUT2D eigenvalue weighted by Crippen LogP contribution is -2.08. The number of rotatable bonds is 2. The fraction of sp³-hybridized carbons (Fsp3) is 0.455. The van der Waals surface area contributed by atoms with Crippen LogP contribution in [0.1, 0.15) is 42.9 Å². The first kappa shape index (κ1) is 12.7. The van der Waals surface area contributed by atoms with Gasteiger partial charge in [0, 0.05) is 11.8 Å². The van der Waals surface area contributed by atoms with Crippen LogP contribution in [0.25, 0.3) is 0 Å². The Labute approximate surface area is 98.3 Å². The van der Waals surface area contributed by atoms with Crippen LogP contribution in [0.15, 0.2) is 6.07 Å². The Morgan fingerprint density at radius 1 is 1.38 bits per heavy atom. The van der Waals surface area contributed by atoms with E-state index < -0.39 is 5.97 Å². The Bertz CT molecular complexity index is 429. The molecular weight excluding hydrogens is 226 g/mol. The lowest BCUT2D eigenvalue weighted by atomic mass is 9.94. The Morgan fingerprint density at radius 2 is 1.94 bits per heavy atom. The molecule has 2 N–H and O–H groups in total. The van der Waals surface area contributed by atoms with E-state index in [0.717, 1.165) is 4.88 Å². The summed E-state index contributed by atoms with van der Waals surface area (Å²) in [5, 5.41) is 12.0. The summed E-state index contributed by atoms with van der Waals surface area (Å²) >= 11 is 1.31. The molecule has 5 heteroatoms. The standard InChI is InChI=1S/C11H15NO3S/c1-6(13)12-9-7(10(14)15)5-8(16-9)11(2,3)4/h5H,1-4H3,(H,12,13)(H,14,15). The Balaban J connectivity index is 3.20. The zero-order valence-electron chi connectivity index (χ0n) is 9.75. The van der Waals surface area contributed by atoms with Gasteiger partial charge in [-0.25, -0.2) is 4.79 Å². The van der Waals surface area contributed by atoms with Crippen LogP contribution in [-0.4, -0.2) is 17.0 Å². The molecule has 0 bridgehead atoms. The summed E-state index contributed by atoms with van der Waals surface area (Å²) in [6.45, 7) is 7.37. The number of hydrogen-bond donors (Lipinski definition) is 2. The van der Waals surface area contributed by atoms with Crippen molar-refractivity contribution in [2.24, 2.45) is 0 Å². The molecule has 0 fully saturated rings. The molecule has 0 saturated carbocycles. The maximum absolute atomic E-state index is 11.0. The number of carbonyl (C=O) groups excluding carboxylic acids is 1. The summed E-state index contributed by atoms with van der Waals surface area (Å²) in [5.41, 5.74) is 0.0381. The fourth-order valence-corrected chi connectivity index (χ4v) is 2.33. The molecule has 1 rings (SSSR count). The summed E-state index contributed by atoms with van der Waals surface area (Å²) in [6, 6.07) is 1.62. The largest absolute Gasteiger partial charge is 0.478 e. The van der Waals surface area contributed by atoms with Gasteiger partial charge in [0.05, 0.1) is 5.56 Å².